The van der Waals surface area contributed by atoms with E-state index in [2.05, 4.69) is 5.32 Å². The van der Waals surface area contributed by atoms with E-state index in [4.69, 9.17) is 0 Å². The van der Waals surface area contributed by atoms with Gasteiger partial charge in [0.25, 0.3) is 0 Å². The van der Waals surface area contributed by atoms with Gasteiger partial charge in [-0.1, -0.05) is 31.0 Å². The Morgan fingerprint density at radius 2 is 1.62 bits per heavy atom. The smallest absolute Gasteiger partial charge is 0.341 e. The standard InChI is InChI=1S/C25H26F3N3O2S/c26-25(27,28)18-9-11-19(12-10-18)29-23(32)17-34-22-15-31(21-8-4-3-7-20(21)22)16-24(33)30-13-5-1-2-6-14-30/h3-4,7-12,15H,1-2,5-6,13-14,16-17H2,(H,29,32). The summed E-state index contributed by atoms with van der Waals surface area (Å²) in [7, 11) is 0. The van der Waals surface area contributed by atoms with Crippen LogP contribution >= 0.6 is 11.8 Å². The summed E-state index contributed by atoms with van der Waals surface area (Å²) in [6.45, 7) is 1.84. The zero-order valence-electron chi connectivity index (χ0n) is 18.6. The van der Waals surface area contributed by atoms with Gasteiger partial charge < -0.3 is 14.8 Å². The molecule has 0 radical (unpaired) electrons. The van der Waals surface area contributed by atoms with Crippen LogP contribution < -0.4 is 5.32 Å². The molecular formula is C25H26F3N3O2S. The monoisotopic (exact) mass is 489 g/mol. The molecule has 0 saturated carbocycles. The normalized spacial score (nSPS) is 14.7. The molecule has 0 aliphatic carbocycles. The van der Waals surface area contributed by atoms with E-state index >= 15 is 0 Å². The predicted molar refractivity (Wildman–Crippen MR) is 128 cm³/mol. The first kappa shape index (κ1) is 24.2. The van der Waals surface area contributed by atoms with Crippen LogP contribution in [0.4, 0.5) is 18.9 Å². The van der Waals surface area contributed by atoms with Gasteiger partial charge >= 0.3 is 6.18 Å². The van der Waals surface area contributed by atoms with Crippen LogP contribution in [0.15, 0.2) is 59.6 Å². The van der Waals surface area contributed by atoms with Gasteiger partial charge in [-0.05, 0) is 43.2 Å². The van der Waals surface area contributed by atoms with E-state index in [1.807, 2.05) is 39.9 Å². The number of hydrogen-bond donors (Lipinski definition) is 1. The molecule has 1 aliphatic heterocycles. The Labute approximate surface area is 200 Å². The van der Waals surface area contributed by atoms with Crippen LogP contribution in [-0.4, -0.2) is 40.1 Å². The number of carbonyl (C=O) groups is 2. The van der Waals surface area contributed by atoms with Crippen molar-refractivity contribution in [2.75, 3.05) is 24.2 Å². The molecule has 1 aromatic heterocycles. The highest BCUT2D eigenvalue weighted by Crippen LogP contribution is 2.31. The number of aromatic nitrogens is 1. The van der Waals surface area contributed by atoms with Crippen molar-refractivity contribution in [1.29, 1.82) is 0 Å². The van der Waals surface area contributed by atoms with Crippen molar-refractivity contribution >= 4 is 40.2 Å². The van der Waals surface area contributed by atoms with Crippen molar-refractivity contribution < 1.29 is 22.8 Å². The van der Waals surface area contributed by atoms with Crippen molar-refractivity contribution in [2.24, 2.45) is 0 Å². The molecule has 2 amide bonds. The maximum atomic E-state index is 12.9. The zero-order chi connectivity index (χ0) is 24.1. The molecule has 5 nitrogen and oxygen atoms in total. The Hall–Kier alpha value is -2.94. The van der Waals surface area contributed by atoms with Crippen LogP contribution in [0.25, 0.3) is 10.9 Å². The van der Waals surface area contributed by atoms with Gasteiger partial charge in [0.05, 0.1) is 11.3 Å². The minimum Gasteiger partial charge on any atom is -0.341 e. The molecule has 2 heterocycles. The highest BCUT2D eigenvalue weighted by molar-refractivity contribution is 8.00. The van der Waals surface area contributed by atoms with Crippen molar-refractivity contribution in [3.8, 4) is 0 Å². The van der Waals surface area contributed by atoms with Crippen LogP contribution in [0.5, 0.6) is 0 Å². The number of para-hydroxylation sites is 1. The Kier molecular flexibility index (Phi) is 7.50. The van der Waals surface area contributed by atoms with E-state index < -0.39 is 11.7 Å². The molecule has 1 aliphatic rings. The number of carbonyl (C=O) groups excluding carboxylic acids is 2. The second kappa shape index (κ2) is 10.5. The lowest BCUT2D eigenvalue weighted by molar-refractivity contribution is -0.137. The third-order valence-corrected chi connectivity index (χ3v) is 6.91. The fraction of sp³-hybridized carbons (Fsp3) is 0.360. The molecule has 4 rings (SSSR count). The maximum absolute atomic E-state index is 12.9. The van der Waals surface area contributed by atoms with Gasteiger partial charge in [-0.25, -0.2) is 0 Å². The number of nitrogens with one attached hydrogen (secondary N) is 1. The van der Waals surface area contributed by atoms with Gasteiger partial charge in [0, 0.05) is 40.8 Å². The first-order chi connectivity index (χ1) is 16.3. The lowest BCUT2D eigenvalue weighted by atomic mass is 10.2. The zero-order valence-corrected chi connectivity index (χ0v) is 19.4. The molecule has 0 spiro atoms. The average molecular weight is 490 g/mol. The fourth-order valence-electron chi connectivity index (χ4n) is 4.11. The highest BCUT2D eigenvalue weighted by atomic mass is 32.2. The van der Waals surface area contributed by atoms with Gasteiger partial charge in [-0.3, -0.25) is 9.59 Å². The molecule has 9 heteroatoms. The number of benzene rings is 2. The molecule has 0 bridgehead atoms. The number of fused-ring (bicyclic) bond motifs is 1. The number of rotatable bonds is 6. The van der Waals surface area contributed by atoms with Gasteiger partial charge in [-0.15, -0.1) is 11.8 Å². The minimum absolute atomic E-state index is 0.0924. The topological polar surface area (TPSA) is 54.3 Å². The molecule has 180 valence electrons. The van der Waals surface area contributed by atoms with Crippen molar-refractivity contribution in [3.63, 3.8) is 0 Å². The maximum Gasteiger partial charge on any atom is 0.416 e. The first-order valence-electron chi connectivity index (χ1n) is 11.3. The second-order valence-corrected chi connectivity index (χ2v) is 9.36. The first-order valence-corrected chi connectivity index (χ1v) is 12.3. The summed E-state index contributed by atoms with van der Waals surface area (Å²) in [6, 6.07) is 12.1. The molecule has 0 unspecified atom stereocenters. The van der Waals surface area contributed by atoms with Crippen LogP contribution in [0, 0.1) is 0 Å². The molecule has 3 aromatic rings. The number of halogens is 3. The largest absolute Gasteiger partial charge is 0.416 e. The van der Waals surface area contributed by atoms with E-state index in [0.717, 1.165) is 66.7 Å². The second-order valence-electron chi connectivity index (χ2n) is 8.35. The quantitative estimate of drug-likeness (QED) is 0.446. The summed E-state index contributed by atoms with van der Waals surface area (Å²) in [6.07, 6.45) is 1.87. The Morgan fingerprint density at radius 1 is 0.941 bits per heavy atom. The summed E-state index contributed by atoms with van der Waals surface area (Å²) in [5.74, 6) is -0.128. The van der Waals surface area contributed by atoms with Crippen LogP contribution in [0.1, 0.15) is 31.2 Å². The SMILES string of the molecule is O=C(CSc1cn(CC(=O)N2CCCCCC2)c2ccccc12)Nc1ccc(C(F)(F)F)cc1. The number of nitrogens with zero attached hydrogens (tertiary/aromatic N) is 2. The van der Waals surface area contributed by atoms with Crippen molar-refractivity contribution in [1.82, 2.24) is 9.47 Å². The van der Waals surface area contributed by atoms with Crippen LogP contribution in [-0.2, 0) is 22.3 Å². The third kappa shape index (κ3) is 5.94. The summed E-state index contributed by atoms with van der Waals surface area (Å²) in [5, 5.41) is 3.59. The fourth-order valence-corrected chi connectivity index (χ4v) is 5.00. The lowest BCUT2D eigenvalue weighted by Gasteiger charge is -2.20. The molecule has 2 aromatic carbocycles. The third-order valence-electron chi connectivity index (χ3n) is 5.87. The molecular weight excluding hydrogens is 463 g/mol. The minimum atomic E-state index is -4.42. The Bertz CT molecular complexity index is 1150. The average Bonchev–Trinajstić information content (AvgIpc) is 2.97. The van der Waals surface area contributed by atoms with Crippen LogP contribution in [0.2, 0.25) is 0 Å². The van der Waals surface area contributed by atoms with Crippen LogP contribution in [0.3, 0.4) is 0 Å². The highest BCUT2D eigenvalue weighted by Gasteiger charge is 2.30. The number of amides is 2. The van der Waals surface area contributed by atoms with E-state index in [9.17, 15) is 22.8 Å². The summed E-state index contributed by atoms with van der Waals surface area (Å²) in [5.41, 5.74) is 0.475. The molecule has 1 saturated heterocycles. The van der Waals surface area contributed by atoms with E-state index in [0.29, 0.717) is 5.69 Å². The van der Waals surface area contributed by atoms with E-state index in [-0.39, 0.29) is 24.1 Å². The lowest BCUT2D eigenvalue weighted by Crippen LogP contribution is -2.34. The molecule has 0 atom stereocenters. The number of thioether (sulfide) groups is 1. The molecule has 34 heavy (non-hydrogen) atoms. The summed E-state index contributed by atoms with van der Waals surface area (Å²) >= 11 is 1.33. The van der Waals surface area contributed by atoms with E-state index in [1.165, 1.54) is 23.9 Å². The summed E-state index contributed by atoms with van der Waals surface area (Å²) in [4.78, 5) is 28.1. The van der Waals surface area contributed by atoms with Crippen molar-refractivity contribution in [3.05, 3.63) is 60.3 Å². The predicted octanol–water partition coefficient (Wildman–Crippen LogP) is 5.79. The Balaban J connectivity index is 1.41. The van der Waals surface area contributed by atoms with Gasteiger partial charge in [-0.2, -0.15) is 13.2 Å². The number of likely N-dealkylation sites (tertiary alicyclic amines) is 1. The number of alkyl halides is 3. The van der Waals surface area contributed by atoms with Crippen molar-refractivity contribution in [2.45, 2.75) is 43.3 Å². The van der Waals surface area contributed by atoms with E-state index in [1.54, 1.807) is 0 Å². The van der Waals surface area contributed by atoms with Gasteiger partial charge in [0.15, 0.2) is 0 Å². The number of hydrogen-bond acceptors (Lipinski definition) is 3. The number of anilines is 1. The molecule has 1 N–H and O–H groups in total. The summed E-state index contributed by atoms with van der Waals surface area (Å²) < 4.78 is 40.0. The van der Waals surface area contributed by atoms with Gasteiger partial charge in [0.1, 0.15) is 6.54 Å². The van der Waals surface area contributed by atoms with Gasteiger partial charge in [0.2, 0.25) is 11.8 Å². The molecule has 1 fully saturated rings. The Morgan fingerprint density at radius 3 is 2.29 bits per heavy atom.